The van der Waals surface area contributed by atoms with E-state index in [1.807, 2.05) is 4.90 Å². The maximum absolute atomic E-state index is 12.7. The summed E-state index contributed by atoms with van der Waals surface area (Å²) < 4.78 is 5.77. The molecule has 0 aromatic rings. The third-order valence-electron chi connectivity index (χ3n) is 4.61. The largest absolute Gasteiger partial charge is 0.392 e. The molecular formula is C13H20N2O2S. The molecule has 4 nitrogen and oxygen atoms in total. The number of hydrogen-bond donors (Lipinski definition) is 1. The summed E-state index contributed by atoms with van der Waals surface area (Å²) in [5, 5.41) is 0. The first-order valence-corrected chi connectivity index (χ1v) is 7.17. The topological polar surface area (TPSA) is 55.6 Å². The summed E-state index contributed by atoms with van der Waals surface area (Å²) in [7, 11) is 0. The maximum Gasteiger partial charge on any atom is 0.235 e. The molecule has 18 heavy (non-hydrogen) atoms. The first kappa shape index (κ1) is 12.4. The van der Waals surface area contributed by atoms with Crippen LogP contribution in [0.1, 0.15) is 32.6 Å². The van der Waals surface area contributed by atoms with Crippen LogP contribution in [0.3, 0.4) is 0 Å². The van der Waals surface area contributed by atoms with Crippen LogP contribution in [0.25, 0.3) is 0 Å². The molecule has 1 aliphatic carbocycles. The van der Waals surface area contributed by atoms with Gasteiger partial charge in [-0.25, -0.2) is 0 Å². The zero-order chi connectivity index (χ0) is 12.9. The Balaban J connectivity index is 1.75. The number of amides is 1. The summed E-state index contributed by atoms with van der Waals surface area (Å²) in [5.41, 5.74) is 5.29. The Kier molecular flexibility index (Phi) is 2.86. The van der Waals surface area contributed by atoms with Crippen molar-refractivity contribution in [1.29, 1.82) is 0 Å². The fourth-order valence-electron chi connectivity index (χ4n) is 3.69. The number of nitrogens with two attached hydrogens (primary N) is 1. The maximum atomic E-state index is 12.7. The van der Waals surface area contributed by atoms with E-state index in [0.717, 1.165) is 25.7 Å². The smallest absolute Gasteiger partial charge is 0.235 e. The van der Waals surface area contributed by atoms with Crippen LogP contribution in [0.2, 0.25) is 0 Å². The fraction of sp³-hybridized carbons (Fsp3) is 0.846. The van der Waals surface area contributed by atoms with Crippen LogP contribution >= 0.6 is 12.2 Å². The van der Waals surface area contributed by atoms with E-state index >= 15 is 0 Å². The molecule has 0 radical (unpaired) electrons. The highest BCUT2D eigenvalue weighted by atomic mass is 32.1. The highest BCUT2D eigenvalue weighted by Gasteiger charge is 2.53. The second-order valence-electron chi connectivity index (χ2n) is 6.13. The Morgan fingerprint density at radius 2 is 1.89 bits per heavy atom. The van der Waals surface area contributed by atoms with Crippen LogP contribution < -0.4 is 5.73 Å². The van der Waals surface area contributed by atoms with E-state index in [2.05, 4.69) is 6.92 Å². The summed E-state index contributed by atoms with van der Waals surface area (Å²) in [5.74, 6) is 0.696. The van der Waals surface area contributed by atoms with Gasteiger partial charge in [0.15, 0.2) is 0 Å². The molecule has 1 saturated carbocycles. The molecule has 0 spiro atoms. The standard InChI is InChI=1S/C13H20N2O2S/c1-8-4-13(5-8,11(14)18)12(16)15-6-9-2-3-10(7-15)17-9/h8-10H,2-7H2,1H3,(H2,14,18). The fourth-order valence-corrected chi connectivity index (χ4v) is 3.95. The quantitative estimate of drug-likeness (QED) is 0.761. The van der Waals surface area contributed by atoms with E-state index < -0.39 is 5.41 Å². The van der Waals surface area contributed by atoms with Crippen molar-refractivity contribution in [2.45, 2.75) is 44.8 Å². The summed E-state index contributed by atoms with van der Waals surface area (Å²) in [4.78, 5) is 15.0. The number of fused-ring (bicyclic) bond motifs is 2. The molecule has 0 aromatic heterocycles. The van der Waals surface area contributed by atoms with Gasteiger partial charge in [0.2, 0.25) is 5.91 Å². The van der Waals surface area contributed by atoms with Gasteiger partial charge in [-0.05, 0) is 31.6 Å². The second-order valence-corrected chi connectivity index (χ2v) is 6.57. The third kappa shape index (κ3) is 1.75. The van der Waals surface area contributed by atoms with E-state index in [4.69, 9.17) is 22.7 Å². The number of morpholine rings is 1. The van der Waals surface area contributed by atoms with Crippen LogP contribution in [0, 0.1) is 11.3 Å². The molecule has 5 heteroatoms. The second kappa shape index (κ2) is 4.17. The predicted octanol–water partition coefficient (Wildman–Crippen LogP) is 1.08. The number of hydrogen-bond acceptors (Lipinski definition) is 3. The van der Waals surface area contributed by atoms with Gasteiger partial charge in [-0.1, -0.05) is 19.1 Å². The van der Waals surface area contributed by atoms with Crippen LogP contribution in [0.5, 0.6) is 0 Å². The minimum atomic E-state index is -0.550. The van der Waals surface area contributed by atoms with Crippen LogP contribution in [0.15, 0.2) is 0 Å². The minimum Gasteiger partial charge on any atom is -0.392 e. The number of rotatable bonds is 2. The van der Waals surface area contributed by atoms with Gasteiger partial charge in [-0.2, -0.15) is 0 Å². The average Bonchev–Trinajstić information content (AvgIpc) is 2.62. The van der Waals surface area contributed by atoms with Gasteiger partial charge in [0, 0.05) is 13.1 Å². The van der Waals surface area contributed by atoms with Crippen LogP contribution in [-0.4, -0.2) is 41.1 Å². The van der Waals surface area contributed by atoms with Gasteiger partial charge in [0.05, 0.1) is 22.6 Å². The summed E-state index contributed by atoms with van der Waals surface area (Å²) in [6.07, 6.45) is 4.24. The van der Waals surface area contributed by atoms with Crippen molar-refractivity contribution in [2.75, 3.05) is 13.1 Å². The molecule has 3 aliphatic rings. The third-order valence-corrected chi connectivity index (χ3v) is 5.00. The Morgan fingerprint density at radius 1 is 1.33 bits per heavy atom. The molecule has 2 saturated heterocycles. The molecule has 3 fully saturated rings. The van der Waals surface area contributed by atoms with Gasteiger partial charge in [0.1, 0.15) is 0 Å². The first-order chi connectivity index (χ1) is 8.51. The Morgan fingerprint density at radius 3 is 2.33 bits per heavy atom. The molecule has 100 valence electrons. The Hall–Kier alpha value is -0.680. The van der Waals surface area contributed by atoms with Crippen LogP contribution in [-0.2, 0) is 9.53 Å². The number of likely N-dealkylation sites (tertiary alicyclic amines) is 1. The van der Waals surface area contributed by atoms with Crippen LogP contribution in [0.4, 0.5) is 0 Å². The van der Waals surface area contributed by atoms with Crippen molar-refractivity contribution < 1.29 is 9.53 Å². The van der Waals surface area contributed by atoms with Gasteiger partial charge >= 0.3 is 0 Å². The SMILES string of the molecule is CC1CC(C(=O)N2CC3CCC(C2)O3)(C(N)=S)C1. The zero-order valence-corrected chi connectivity index (χ0v) is 11.5. The molecular weight excluding hydrogens is 248 g/mol. The highest BCUT2D eigenvalue weighted by Crippen LogP contribution is 2.47. The molecule has 1 amide bonds. The van der Waals surface area contributed by atoms with Crippen molar-refractivity contribution in [3.05, 3.63) is 0 Å². The van der Waals surface area contributed by atoms with E-state index in [9.17, 15) is 4.79 Å². The van der Waals surface area contributed by atoms with Crippen molar-refractivity contribution >= 4 is 23.1 Å². The number of carbonyl (C=O) groups excluding carboxylic acids is 1. The lowest BCUT2D eigenvalue weighted by atomic mass is 9.61. The number of carbonyl (C=O) groups is 1. The molecule has 2 N–H and O–H groups in total. The van der Waals surface area contributed by atoms with E-state index in [-0.39, 0.29) is 18.1 Å². The molecule has 2 unspecified atom stereocenters. The Labute approximate surface area is 113 Å². The van der Waals surface area contributed by atoms with E-state index in [1.165, 1.54) is 0 Å². The molecule has 2 heterocycles. The average molecular weight is 268 g/mol. The highest BCUT2D eigenvalue weighted by molar-refractivity contribution is 7.80. The molecule has 2 bridgehead atoms. The van der Waals surface area contributed by atoms with Crippen molar-refractivity contribution in [3.63, 3.8) is 0 Å². The van der Waals surface area contributed by atoms with Gasteiger partial charge in [-0.15, -0.1) is 0 Å². The predicted molar refractivity (Wildman–Crippen MR) is 72.1 cm³/mol. The van der Waals surface area contributed by atoms with Gasteiger partial charge < -0.3 is 15.4 Å². The zero-order valence-electron chi connectivity index (χ0n) is 10.7. The number of nitrogens with zero attached hydrogens (tertiary/aromatic N) is 1. The monoisotopic (exact) mass is 268 g/mol. The van der Waals surface area contributed by atoms with Crippen molar-refractivity contribution in [2.24, 2.45) is 17.1 Å². The van der Waals surface area contributed by atoms with Crippen molar-refractivity contribution in [3.8, 4) is 0 Å². The molecule has 3 rings (SSSR count). The number of ether oxygens (including phenoxy) is 1. The Bertz CT molecular complexity index is 380. The summed E-state index contributed by atoms with van der Waals surface area (Å²) in [6.45, 7) is 3.58. The van der Waals surface area contributed by atoms with Gasteiger partial charge in [0.25, 0.3) is 0 Å². The molecule has 2 aliphatic heterocycles. The van der Waals surface area contributed by atoms with E-state index in [0.29, 0.717) is 24.0 Å². The lowest BCUT2D eigenvalue weighted by Crippen LogP contribution is -2.59. The molecule has 2 atom stereocenters. The van der Waals surface area contributed by atoms with Gasteiger partial charge in [-0.3, -0.25) is 4.79 Å². The summed E-state index contributed by atoms with van der Waals surface area (Å²) in [6, 6.07) is 0. The summed E-state index contributed by atoms with van der Waals surface area (Å²) >= 11 is 5.15. The first-order valence-electron chi connectivity index (χ1n) is 6.76. The lowest BCUT2D eigenvalue weighted by molar-refractivity contribution is -0.152. The normalized spacial score (nSPS) is 42.5. The number of thiocarbonyl (C=S) groups is 1. The molecule has 0 aromatic carbocycles. The van der Waals surface area contributed by atoms with E-state index in [1.54, 1.807) is 0 Å². The minimum absolute atomic E-state index is 0.147. The lowest BCUT2D eigenvalue weighted by Gasteiger charge is -2.48. The van der Waals surface area contributed by atoms with Crippen molar-refractivity contribution in [1.82, 2.24) is 4.90 Å².